The van der Waals surface area contributed by atoms with Crippen LogP contribution in [0.5, 0.6) is 0 Å². The van der Waals surface area contributed by atoms with Gasteiger partial charge in [0, 0.05) is 17.8 Å². The van der Waals surface area contributed by atoms with Gasteiger partial charge in [0.25, 0.3) is 0 Å². The third kappa shape index (κ3) is 3.48. The molecule has 2 aromatic rings. The Kier molecular flexibility index (Phi) is 4.72. The molecule has 0 atom stereocenters. The third-order valence-corrected chi connectivity index (χ3v) is 3.08. The first kappa shape index (κ1) is 14.8. The SMILES string of the molecule is CCNc1ncnc(Nc2ccc(C#N)cc2)c1C(C)C. The normalized spacial score (nSPS) is 10.2. The predicted molar refractivity (Wildman–Crippen MR) is 84.7 cm³/mol. The van der Waals surface area contributed by atoms with Crippen LogP contribution in [0.3, 0.4) is 0 Å². The smallest absolute Gasteiger partial charge is 0.139 e. The fourth-order valence-electron chi connectivity index (χ4n) is 2.12. The van der Waals surface area contributed by atoms with E-state index < -0.39 is 0 Å². The van der Waals surface area contributed by atoms with Crippen molar-refractivity contribution in [3.8, 4) is 6.07 Å². The van der Waals surface area contributed by atoms with E-state index in [-0.39, 0.29) is 0 Å². The summed E-state index contributed by atoms with van der Waals surface area (Å²) in [5.41, 5.74) is 2.60. The molecule has 0 saturated carbocycles. The van der Waals surface area contributed by atoms with Gasteiger partial charge in [-0.05, 0) is 37.1 Å². The molecule has 1 aromatic carbocycles. The van der Waals surface area contributed by atoms with Gasteiger partial charge in [-0.25, -0.2) is 9.97 Å². The lowest BCUT2D eigenvalue weighted by atomic mass is 10.0. The summed E-state index contributed by atoms with van der Waals surface area (Å²) in [6, 6.07) is 9.42. The van der Waals surface area contributed by atoms with Gasteiger partial charge in [0.2, 0.25) is 0 Å². The summed E-state index contributed by atoms with van der Waals surface area (Å²) in [6.07, 6.45) is 1.55. The largest absolute Gasteiger partial charge is 0.370 e. The fraction of sp³-hybridized carbons (Fsp3) is 0.312. The van der Waals surface area contributed by atoms with E-state index in [9.17, 15) is 0 Å². The molecule has 0 unspecified atom stereocenters. The number of nitrogens with one attached hydrogen (secondary N) is 2. The van der Waals surface area contributed by atoms with E-state index in [0.717, 1.165) is 29.4 Å². The maximum atomic E-state index is 8.83. The standard InChI is InChI=1S/C16H19N5/c1-4-18-15-14(11(2)3)16(20-10-19-15)21-13-7-5-12(9-17)6-8-13/h5-8,10-11H,4H2,1-3H3,(H2,18,19,20,21). The first-order chi connectivity index (χ1) is 10.2. The van der Waals surface area contributed by atoms with Crippen molar-refractivity contribution in [3.05, 3.63) is 41.7 Å². The maximum Gasteiger partial charge on any atom is 0.139 e. The molecule has 5 nitrogen and oxygen atoms in total. The first-order valence-electron chi connectivity index (χ1n) is 7.01. The van der Waals surface area contributed by atoms with Crippen LogP contribution in [-0.2, 0) is 0 Å². The minimum Gasteiger partial charge on any atom is -0.370 e. The lowest BCUT2D eigenvalue weighted by Crippen LogP contribution is -2.09. The van der Waals surface area contributed by atoms with Crippen molar-refractivity contribution in [2.75, 3.05) is 17.2 Å². The van der Waals surface area contributed by atoms with Crippen LogP contribution >= 0.6 is 0 Å². The average Bonchev–Trinajstić information content (AvgIpc) is 2.48. The van der Waals surface area contributed by atoms with Crippen molar-refractivity contribution < 1.29 is 0 Å². The Hall–Kier alpha value is -2.61. The van der Waals surface area contributed by atoms with E-state index in [0.29, 0.717) is 11.5 Å². The Balaban J connectivity index is 2.34. The topological polar surface area (TPSA) is 73.6 Å². The quantitative estimate of drug-likeness (QED) is 0.875. The van der Waals surface area contributed by atoms with Crippen LogP contribution in [-0.4, -0.2) is 16.5 Å². The van der Waals surface area contributed by atoms with Crippen LogP contribution in [0.4, 0.5) is 17.3 Å². The molecule has 0 aliphatic rings. The summed E-state index contributed by atoms with van der Waals surface area (Å²) in [5.74, 6) is 1.94. The first-order valence-corrected chi connectivity index (χ1v) is 7.01. The van der Waals surface area contributed by atoms with E-state index in [4.69, 9.17) is 5.26 Å². The molecule has 2 rings (SSSR count). The van der Waals surface area contributed by atoms with E-state index >= 15 is 0 Å². The van der Waals surface area contributed by atoms with Crippen molar-refractivity contribution in [1.29, 1.82) is 5.26 Å². The molecule has 0 radical (unpaired) electrons. The molecule has 2 N–H and O–H groups in total. The zero-order chi connectivity index (χ0) is 15.2. The molecule has 0 bridgehead atoms. The maximum absolute atomic E-state index is 8.83. The fourth-order valence-corrected chi connectivity index (χ4v) is 2.12. The third-order valence-electron chi connectivity index (χ3n) is 3.08. The van der Waals surface area contributed by atoms with Gasteiger partial charge in [-0.1, -0.05) is 13.8 Å². The van der Waals surface area contributed by atoms with Crippen LogP contribution in [0.25, 0.3) is 0 Å². The second-order valence-electron chi connectivity index (χ2n) is 4.98. The molecule has 0 aliphatic heterocycles. The highest BCUT2D eigenvalue weighted by Crippen LogP contribution is 2.30. The highest BCUT2D eigenvalue weighted by Gasteiger charge is 2.14. The molecule has 0 aliphatic carbocycles. The highest BCUT2D eigenvalue weighted by molar-refractivity contribution is 5.66. The molecule has 108 valence electrons. The van der Waals surface area contributed by atoms with Crippen molar-refractivity contribution in [3.63, 3.8) is 0 Å². The molecule has 5 heteroatoms. The summed E-state index contributed by atoms with van der Waals surface area (Å²) in [6.45, 7) is 7.08. The van der Waals surface area contributed by atoms with E-state index in [1.807, 2.05) is 19.1 Å². The lowest BCUT2D eigenvalue weighted by Gasteiger charge is -2.17. The number of hydrogen-bond donors (Lipinski definition) is 2. The molecule has 0 fully saturated rings. The molecule has 21 heavy (non-hydrogen) atoms. The lowest BCUT2D eigenvalue weighted by molar-refractivity contribution is 0.849. The summed E-state index contributed by atoms with van der Waals surface area (Å²) in [7, 11) is 0. The number of aromatic nitrogens is 2. The number of nitriles is 1. The van der Waals surface area contributed by atoms with E-state index in [2.05, 4.69) is 40.5 Å². The second kappa shape index (κ2) is 6.71. The Morgan fingerprint density at radius 3 is 2.38 bits per heavy atom. The van der Waals surface area contributed by atoms with Crippen LogP contribution in [0.1, 0.15) is 37.8 Å². The predicted octanol–water partition coefficient (Wildman–Crippen LogP) is 3.65. The summed E-state index contributed by atoms with van der Waals surface area (Å²) in [4.78, 5) is 8.67. The van der Waals surface area contributed by atoms with Gasteiger partial charge in [0.15, 0.2) is 0 Å². The minimum absolute atomic E-state index is 0.293. The zero-order valence-electron chi connectivity index (χ0n) is 12.5. The minimum atomic E-state index is 0.293. The molecule has 0 saturated heterocycles. The zero-order valence-corrected chi connectivity index (χ0v) is 12.5. The Morgan fingerprint density at radius 1 is 1.14 bits per heavy atom. The van der Waals surface area contributed by atoms with Crippen LogP contribution in [0.2, 0.25) is 0 Å². The Bertz CT molecular complexity index is 641. The van der Waals surface area contributed by atoms with Crippen molar-refractivity contribution in [1.82, 2.24) is 9.97 Å². The van der Waals surface area contributed by atoms with Crippen molar-refractivity contribution in [2.24, 2.45) is 0 Å². The summed E-state index contributed by atoms with van der Waals surface area (Å²) in [5, 5.41) is 15.4. The van der Waals surface area contributed by atoms with E-state index in [1.165, 1.54) is 0 Å². The number of benzene rings is 1. The van der Waals surface area contributed by atoms with Gasteiger partial charge in [-0.2, -0.15) is 5.26 Å². The molecule has 0 spiro atoms. The van der Waals surface area contributed by atoms with Crippen molar-refractivity contribution in [2.45, 2.75) is 26.7 Å². The van der Waals surface area contributed by atoms with Crippen molar-refractivity contribution >= 4 is 17.3 Å². The van der Waals surface area contributed by atoms with Gasteiger partial charge in [0.05, 0.1) is 11.6 Å². The van der Waals surface area contributed by atoms with Crippen LogP contribution < -0.4 is 10.6 Å². The number of hydrogen-bond acceptors (Lipinski definition) is 5. The molecule has 1 aromatic heterocycles. The second-order valence-corrected chi connectivity index (χ2v) is 4.98. The van der Waals surface area contributed by atoms with Gasteiger partial charge in [-0.3, -0.25) is 0 Å². The van der Waals surface area contributed by atoms with Gasteiger partial charge in [0.1, 0.15) is 18.0 Å². The van der Waals surface area contributed by atoms with Crippen LogP contribution in [0.15, 0.2) is 30.6 Å². The molecular formula is C16H19N5. The van der Waals surface area contributed by atoms with Crippen LogP contribution in [0, 0.1) is 11.3 Å². The summed E-state index contributed by atoms with van der Waals surface area (Å²) >= 11 is 0. The molecular weight excluding hydrogens is 262 g/mol. The average molecular weight is 281 g/mol. The number of rotatable bonds is 5. The Morgan fingerprint density at radius 2 is 1.81 bits per heavy atom. The number of nitrogens with zero attached hydrogens (tertiary/aromatic N) is 3. The van der Waals surface area contributed by atoms with E-state index in [1.54, 1.807) is 18.5 Å². The van der Waals surface area contributed by atoms with Gasteiger partial charge >= 0.3 is 0 Å². The number of anilines is 3. The van der Waals surface area contributed by atoms with Gasteiger partial charge in [-0.15, -0.1) is 0 Å². The van der Waals surface area contributed by atoms with Gasteiger partial charge < -0.3 is 10.6 Å². The molecule has 0 amide bonds. The highest BCUT2D eigenvalue weighted by atomic mass is 15.1. The monoisotopic (exact) mass is 281 g/mol. The Labute approximate surface area is 125 Å². The summed E-state index contributed by atoms with van der Waals surface area (Å²) < 4.78 is 0. The molecule has 1 heterocycles.